The monoisotopic (exact) mass is 347 g/mol. The van der Waals surface area contributed by atoms with Gasteiger partial charge in [-0.1, -0.05) is 6.92 Å². The van der Waals surface area contributed by atoms with E-state index in [2.05, 4.69) is 5.10 Å². The van der Waals surface area contributed by atoms with Gasteiger partial charge >= 0.3 is 6.09 Å². The summed E-state index contributed by atoms with van der Waals surface area (Å²) in [5.74, 6) is 1.16. The third kappa shape index (κ3) is 3.87. The molecule has 1 aromatic carbocycles. The normalized spacial score (nSPS) is 11.3. The van der Waals surface area contributed by atoms with Crippen LogP contribution in [0.15, 0.2) is 18.2 Å². The van der Waals surface area contributed by atoms with Gasteiger partial charge < -0.3 is 19.9 Å². The molecule has 0 fully saturated rings. The molecule has 7 heteroatoms. The minimum atomic E-state index is -0.619. The van der Waals surface area contributed by atoms with Crippen molar-refractivity contribution in [1.29, 1.82) is 0 Å². The fourth-order valence-electron chi connectivity index (χ4n) is 2.46. The van der Waals surface area contributed by atoms with Gasteiger partial charge in [-0.3, -0.25) is 0 Å². The first-order chi connectivity index (χ1) is 11.7. The van der Waals surface area contributed by atoms with E-state index in [1.165, 1.54) is 4.68 Å². The molecule has 7 nitrogen and oxygen atoms in total. The minimum Gasteiger partial charge on any atom is -0.493 e. The van der Waals surface area contributed by atoms with E-state index in [9.17, 15) is 4.79 Å². The first-order valence-corrected chi connectivity index (χ1v) is 8.05. The molecule has 0 amide bonds. The molecule has 2 aromatic rings. The smallest absolute Gasteiger partial charge is 0.435 e. The number of benzene rings is 1. The number of aromatic nitrogens is 2. The fourth-order valence-corrected chi connectivity index (χ4v) is 2.46. The number of nitrogen functional groups attached to an aromatic ring is 1. The van der Waals surface area contributed by atoms with Crippen LogP contribution in [0.2, 0.25) is 0 Å². The number of nitrogens with two attached hydrogens (primary N) is 1. The van der Waals surface area contributed by atoms with Gasteiger partial charge in [0.15, 0.2) is 11.5 Å². The van der Waals surface area contributed by atoms with Crippen molar-refractivity contribution >= 4 is 11.8 Å². The van der Waals surface area contributed by atoms with Crippen molar-refractivity contribution < 1.29 is 19.0 Å². The fraction of sp³-hybridized carbons (Fsp3) is 0.444. The number of hydrogen-bond acceptors (Lipinski definition) is 6. The Kier molecular flexibility index (Phi) is 5.25. The summed E-state index contributed by atoms with van der Waals surface area (Å²) in [6.45, 7) is 7.32. The number of anilines is 1. The van der Waals surface area contributed by atoms with Crippen molar-refractivity contribution in [3.05, 3.63) is 23.9 Å². The number of carbonyl (C=O) groups is 1. The second-order valence-corrected chi connectivity index (χ2v) is 6.52. The summed E-state index contributed by atoms with van der Waals surface area (Å²) < 4.78 is 17.2. The molecule has 25 heavy (non-hydrogen) atoms. The predicted octanol–water partition coefficient (Wildman–Crippen LogP) is 3.50. The number of rotatable bonds is 4. The number of ether oxygens (including phenoxy) is 3. The van der Waals surface area contributed by atoms with Gasteiger partial charge in [-0.25, -0.2) is 4.79 Å². The third-order valence-corrected chi connectivity index (χ3v) is 3.58. The highest BCUT2D eigenvalue weighted by molar-refractivity contribution is 5.81. The van der Waals surface area contributed by atoms with E-state index in [0.717, 1.165) is 5.56 Å². The lowest BCUT2D eigenvalue weighted by molar-refractivity contribution is 0.0510. The third-order valence-electron chi connectivity index (χ3n) is 3.58. The molecule has 0 saturated carbocycles. The summed E-state index contributed by atoms with van der Waals surface area (Å²) in [6.07, 6.45) is -0.00599. The Hall–Kier alpha value is -2.70. The van der Waals surface area contributed by atoms with Crippen LogP contribution in [0, 0.1) is 0 Å². The predicted molar refractivity (Wildman–Crippen MR) is 96.2 cm³/mol. The quantitative estimate of drug-likeness (QED) is 0.910. The van der Waals surface area contributed by atoms with Gasteiger partial charge in [0, 0.05) is 5.56 Å². The zero-order chi connectivity index (χ0) is 18.8. The van der Waals surface area contributed by atoms with Gasteiger partial charge in [0.1, 0.15) is 11.3 Å². The van der Waals surface area contributed by atoms with E-state index in [-0.39, 0.29) is 0 Å². The molecular weight excluding hydrogens is 322 g/mol. The van der Waals surface area contributed by atoms with Crippen LogP contribution >= 0.6 is 0 Å². The van der Waals surface area contributed by atoms with Crippen LogP contribution in [0.3, 0.4) is 0 Å². The molecule has 0 unspecified atom stereocenters. The lowest BCUT2D eigenvalue weighted by Crippen LogP contribution is -2.28. The van der Waals surface area contributed by atoms with E-state index >= 15 is 0 Å². The highest BCUT2D eigenvalue weighted by Gasteiger charge is 2.25. The molecule has 1 aromatic heterocycles. The van der Waals surface area contributed by atoms with Gasteiger partial charge in [0.2, 0.25) is 0 Å². The standard InChI is InChI=1S/C18H25N3O4/c1-7-12-15(19)16(20-21(12)17(22)25-18(2,3)4)11-8-9-13(23-5)14(10-11)24-6/h8-10H,7,19H2,1-6H3. The average molecular weight is 347 g/mol. The molecule has 0 saturated heterocycles. The van der Waals surface area contributed by atoms with E-state index in [0.29, 0.717) is 35.0 Å². The number of hydrogen-bond donors (Lipinski definition) is 1. The van der Waals surface area contributed by atoms with E-state index in [1.807, 2.05) is 13.0 Å². The van der Waals surface area contributed by atoms with Gasteiger partial charge in [-0.15, -0.1) is 0 Å². The first-order valence-electron chi connectivity index (χ1n) is 8.05. The molecule has 0 aliphatic heterocycles. The lowest BCUT2D eigenvalue weighted by Gasteiger charge is -2.19. The zero-order valence-electron chi connectivity index (χ0n) is 15.5. The first kappa shape index (κ1) is 18.6. The molecule has 0 aliphatic rings. The maximum Gasteiger partial charge on any atom is 0.435 e. The molecular formula is C18H25N3O4. The van der Waals surface area contributed by atoms with Crippen molar-refractivity contribution in [2.45, 2.75) is 39.7 Å². The summed E-state index contributed by atoms with van der Waals surface area (Å²) in [4.78, 5) is 12.4. The summed E-state index contributed by atoms with van der Waals surface area (Å²) in [6, 6.07) is 5.36. The topological polar surface area (TPSA) is 88.6 Å². The molecule has 1 heterocycles. The maximum atomic E-state index is 12.4. The van der Waals surface area contributed by atoms with Crippen LogP contribution in [-0.4, -0.2) is 35.7 Å². The number of methoxy groups -OCH3 is 2. The van der Waals surface area contributed by atoms with Crippen molar-refractivity contribution in [3.63, 3.8) is 0 Å². The van der Waals surface area contributed by atoms with E-state index in [1.54, 1.807) is 47.1 Å². The second kappa shape index (κ2) is 7.04. The maximum absolute atomic E-state index is 12.4. The van der Waals surface area contributed by atoms with Crippen LogP contribution in [0.25, 0.3) is 11.3 Å². The Morgan fingerprint density at radius 1 is 1.20 bits per heavy atom. The molecule has 2 rings (SSSR count). The highest BCUT2D eigenvalue weighted by Crippen LogP contribution is 2.35. The molecule has 0 bridgehead atoms. The van der Waals surface area contributed by atoms with Crippen molar-refractivity contribution in [3.8, 4) is 22.8 Å². The summed E-state index contributed by atoms with van der Waals surface area (Å²) in [7, 11) is 3.13. The lowest BCUT2D eigenvalue weighted by atomic mass is 10.1. The number of carbonyl (C=O) groups excluding carboxylic acids is 1. The number of nitrogens with zero attached hydrogens (tertiary/aromatic N) is 2. The van der Waals surface area contributed by atoms with E-state index in [4.69, 9.17) is 19.9 Å². The van der Waals surface area contributed by atoms with Crippen LogP contribution in [0.4, 0.5) is 10.5 Å². The van der Waals surface area contributed by atoms with Crippen molar-refractivity contribution in [2.75, 3.05) is 20.0 Å². The zero-order valence-corrected chi connectivity index (χ0v) is 15.5. The molecule has 136 valence electrons. The average Bonchev–Trinajstić information content (AvgIpc) is 2.89. The van der Waals surface area contributed by atoms with Crippen LogP contribution in [0.5, 0.6) is 11.5 Å². The van der Waals surface area contributed by atoms with Crippen LogP contribution in [0.1, 0.15) is 33.4 Å². The highest BCUT2D eigenvalue weighted by atomic mass is 16.6. The molecule has 0 spiro atoms. The van der Waals surface area contributed by atoms with Gasteiger partial charge in [0.05, 0.1) is 25.6 Å². The molecule has 0 aliphatic carbocycles. The Bertz CT molecular complexity index is 775. The van der Waals surface area contributed by atoms with Crippen molar-refractivity contribution in [1.82, 2.24) is 9.78 Å². The summed E-state index contributed by atoms with van der Waals surface area (Å²) in [5, 5.41) is 4.39. The minimum absolute atomic E-state index is 0.445. The Morgan fingerprint density at radius 3 is 2.36 bits per heavy atom. The van der Waals surface area contributed by atoms with E-state index < -0.39 is 11.7 Å². The Balaban J connectivity index is 2.52. The second-order valence-electron chi connectivity index (χ2n) is 6.52. The molecule has 2 N–H and O–H groups in total. The summed E-state index contributed by atoms with van der Waals surface area (Å²) >= 11 is 0. The SMILES string of the molecule is CCc1c(N)c(-c2ccc(OC)c(OC)c2)nn1C(=O)OC(C)(C)C. The van der Waals surface area contributed by atoms with Gasteiger partial charge in [-0.2, -0.15) is 9.78 Å². The van der Waals surface area contributed by atoms with Crippen molar-refractivity contribution in [2.24, 2.45) is 0 Å². The van der Waals surface area contributed by atoms with Gasteiger partial charge in [-0.05, 0) is 45.4 Å². The van der Waals surface area contributed by atoms with Crippen LogP contribution in [-0.2, 0) is 11.2 Å². The van der Waals surface area contributed by atoms with Crippen LogP contribution < -0.4 is 15.2 Å². The Labute approximate surface area is 147 Å². The largest absolute Gasteiger partial charge is 0.493 e. The Morgan fingerprint density at radius 2 is 1.84 bits per heavy atom. The van der Waals surface area contributed by atoms with Gasteiger partial charge in [0.25, 0.3) is 0 Å². The molecule has 0 atom stereocenters. The summed E-state index contributed by atoms with van der Waals surface area (Å²) in [5.41, 5.74) is 7.92. The molecule has 0 radical (unpaired) electrons.